The molecule has 0 aliphatic carbocycles. The minimum absolute atomic E-state index is 0.0625. The number of hydrogen-bond donors (Lipinski definition) is 2. The first-order valence-corrected chi connectivity index (χ1v) is 9.14. The maximum absolute atomic E-state index is 12.3. The van der Waals surface area contributed by atoms with E-state index in [4.69, 9.17) is 0 Å². The van der Waals surface area contributed by atoms with E-state index in [1.165, 1.54) is 14.0 Å². The highest BCUT2D eigenvalue weighted by atomic mass is 16.5. The van der Waals surface area contributed by atoms with Crippen molar-refractivity contribution in [2.45, 2.75) is 26.1 Å². The van der Waals surface area contributed by atoms with E-state index in [9.17, 15) is 14.4 Å². The molecule has 2 N–H and O–H groups in total. The normalized spacial score (nSPS) is 11.6. The SMILES string of the molecule is COC(=O)C(C)NC(=O)CNC(=O)CN(Cc1ccccn1)Cc1ccccn1. The lowest BCUT2D eigenvalue weighted by Gasteiger charge is -2.21. The molecule has 1 atom stereocenters. The Bertz CT molecular complexity index is 760. The first kappa shape index (κ1) is 22.0. The molecule has 2 aromatic heterocycles. The van der Waals surface area contributed by atoms with Crippen LogP contribution in [0.25, 0.3) is 0 Å². The summed E-state index contributed by atoms with van der Waals surface area (Å²) < 4.78 is 4.54. The fraction of sp³-hybridized carbons (Fsp3) is 0.350. The van der Waals surface area contributed by atoms with Crippen molar-refractivity contribution >= 4 is 17.8 Å². The molecule has 0 aromatic carbocycles. The third-order valence-electron chi connectivity index (χ3n) is 3.97. The minimum atomic E-state index is -0.783. The molecule has 2 rings (SSSR count). The Morgan fingerprint density at radius 1 is 1.00 bits per heavy atom. The van der Waals surface area contributed by atoms with Crippen LogP contribution in [-0.2, 0) is 32.2 Å². The molecule has 2 heterocycles. The predicted molar refractivity (Wildman–Crippen MR) is 105 cm³/mol. The molecular formula is C20H25N5O4. The highest BCUT2D eigenvalue weighted by molar-refractivity contribution is 5.88. The van der Waals surface area contributed by atoms with Gasteiger partial charge in [0.05, 0.1) is 31.6 Å². The van der Waals surface area contributed by atoms with Crippen LogP contribution in [0, 0.1) is 0 Å². The van der Waals surface area contributed by atoms with E-state index in [0.29, 0.717) is 13.1 Å². The van der Waals surface area contributed by atoms with Gasteiger partial charge in [0.1, 0.15) is 6.04 Å². The standard InChI is InChI=1S/C20H25N5O4/c1-15(20(28)29-2)24-18(26)11-23-19(27)14-25(12-16-7-3-5-9-21-16)13-17-8-4-6-10-22-17/h3-10,15H,11-14H2,1-2H3,(H,23,27)(H,24,26). The Kier molecular flexibility index (Phi) is 8.71. The third kappa shape index (κ3) is 8.06. The average molecular weight is 399 g/mol. The van der Waals surface area contributed by atoms with Gasteiger partial charge in [-0.15, -0.1) is 0 Å². The predicted octanol–water partition coefficient (Wildman–Crippen LogP) is 0.273. The van der Waals surface area contributed by atoms with E-state index in [1.54, 1.807) is 12.4 Å². The molecule has 2 amide bonds. The molecule has 9 heteroatoms. The molecule has 29 heavy (non-hydrogen) atoms. The van der Waals surface area contributed by atoms with Crippen LogP contribution in [0.4, 0.5) is 0 Å². The number of carbonyl (C=O) groups excluding carboxylic acids is 3. The summed E-state index contributed by atoms with van der Waals surface area (Å²) >= 11 is 0. The van der Waals surface area contributed by atoms with E-state index >= 15 is 0 Å². The zero-order valence-electron chi connectivity index (χ0n) is 16.5. The second-order valence-electron chi connectivity index (χ2n) is 6.38. The molecule has 154 valence electrons. The Hall–Kier alpha value is -3.33. The summed E-state index contributed by atoms with van der Waals surface area (Å²) in [6, 6.07) is 10.4. The Balaban J connectivity index is 1.90. The van der Waals surface area contributed by atoms with E-state index in [2.05, 4.69) is 25.3 Å². The molecule has 0 saturated heterocycles. The molecule has 9 nitrogen and oxygen atoms in total. The summed E-state index contributed by atoms with van der Waals surface area (Å²) in [7, 11) is 1.24. The summed E-state index contributed by atoms with van der Waals surface area (Å²) in [6.45, 7) is 2.24. The van der Waals surface area contributed by atoms with Gasteiger partial charge >= 0.3 is 5.97 Å². The quantitative estimate of drug-likeness (QED) is 0.552. The first-order valence-electron chi connectivity index (χ1n) is 9.14. The topological polar surface area (TPSA) is 114 Å². The number of carbonyl (C=O) groups is 3. The second-order valence-corrected chi connectivity index (χ2v) is 6.38. The molecule has 0 fully saturated rings. The van der Waals surface area contributed by atoms with Gasteiger partial charge in [-0.25, -0.2) is 4.79 Å². The number of esters is 1. The maximum Gasteiger partial charge on any atom is 0.328 e. The number of rotatable bonds is 10. The largest absolute Gasteiger partial charge is 0.467 e. The smallest absolute Gasteiger partial charge is 0.328 e. The van der Waals surface area contributed by atoms with Crippen LogP contribution >= 0.6 is 0 Å². The second kappa shape index (κ2) is 11.5. The molecule has 2 aromatic rings. The molecule has 0 bridgehead atoms. The van der Waals surface area contributed by atoms with Crippen LogP contribution in [0.1, 0.15) is 18.3 Å². The van der Waals surface area contributed by atoms with E-state index < -0.39 is 17.9 Å². The fourth-order valence-electron chi connectivity index (χ4n) is 2.58. The van der Waals surface area contributed by atoms with Gasteiger partial charge in [-0.2, -0.15) is 0 Å². The zero-order valence-corrected chi connectivity index (χ0v) is 16.5. The molecule has 0 aliphatic heterocycles. The monoisotopic (exact) mass is 399 g/mol. The summed E-state index contributed by atoms with van der Waals surface area (Å²) in [5, 5.41) is 5.02. The first-order chi connectivity index (χ1) is 14.0. The number of nitrogens with one attached hydrogen (secondary N) is 2. The number of ether oxygens (including phenoxy) is 1. The molecule has 0 spiro atoms. The van der Waals surface area contributed by atoms with Crippen molar-refractivity contribution in [2.24, 2.45) is 0 Å². The Labute approximate surface area is 169 Å². The maximum atomic E-state index is 12.3. The molecular weight excluding hydrogens is 374 g/mol. The van der Waals surface area contributed by atoms with Crippen molar-refractivity contribution in [3.63, 3.8) is 0 Å². The minimum Gasteiger partial charge on any atom is -0.467 e. The molecule has 0 aliphatic rings. The third-order valence-corrected chi connectivity index (χ3v) is 3.97. The van der Waals surface area contributed by atoms with E-state index in [0.717, 1.165) is 11.4 Å². The van der Waals surface area contributed by atoms with E-state index in [-0.39, 0.29) is 19.0 Å². The summed E-state index contributed by atoms with van der Waals surface area (Å²) in [5.41, 5.74) is 1.64. The highest BCUT2D eigenvalue weighted by Crippen LogP contribution is 2.06. The summed E-state index contributed by atoms with van der Waals surface area (Å²) in [5.74, 6) is -1.35. The summed E-state index contributed by atoms with van der Waals surface area (Å²) in [6.07, 6.45) is 3.39. The van der Waals surface area contributed by atoms with Crippen molar-refractivity contribution < 1.29 is 19.1 Å². The number of pyridine rings is 2. The van der Waals surface area contributed by atoms with Gasteiger partial charge in [0.25, 0.3) is 0 Å². The van der Waals surface area contributed by atoms with Gasteiger partial charge in [0.2, 0.25) is 11.8 Å². The average Bonchev–Trinajstić information content (AvgIpc) is 2.73. The van der Waals surface area contributed by atoms with E-state index in [1.807, 2.05) is 41.3 Å². The van der Waals surface area contributed by atoms with Crippen molar-refractivity contribution in [1.82, 2.24) is 25.5 Å². The Morgan fingerprint density at radius 3 is 2.07 bits per heavy atom. The zero-order chi connectivity index (χ0) is 21.1. The molecule has 1 unspecified atom stereocenters. The van der Waals surface area contributed by atoms with Gasteiger partial charge in [-0.05, 0) is 31.2 Å². The number of aromatic nitrogens is 2. The number of methoxy groups -OCH3 is 1. The van der Waals surface area contributed by atoms with Gasteiger partial charge in [0, 0.05) is 25.5 Å². The van der Waals surface area contributed by atoms with Crippen LogP contribution in [0.15, 0.2) is 48.8 Å². The lowest BCUT2D eigenvalue weighted by Crippen LogP contribution is -2.46. The highest BCUT2D eigenvalue weighted by Gasteiger charge is 2.17. The number of nitrogens with zero attached hydrogens (tertiary/aromatic N) is 3. The number of hydrogen-bond acceptors (Lipinski definition) is 7. The summed E-state index contributed by atoms with van der Waals surface area (Å²) in [4.78, 5) is 46.0. The molecule has 0 radical (unpaired) electrons. The van der Waals surface area contributed by atoms with Gasteiger partial charge in [-0.1, -0.05) is 12.1 Å². The van der Waals surface area contributed by atoms with Crippen molar-refractivity contribution in [3.05, 3.63) is 60.2 Å². The van der Waals surface area contributed by atoms with Crippen LogP contribution in [0.5, 0.6) is 0 Å². The lowest BCUT2D eigenvalue weighted by molar-refractivity contribution is -0.144. The van der Waals surface area contributed by atoms with Gasteiger partial charge in [0.15, 0.2) is 0 Å². The van der Waals surface area contributed by atoms with Crippen LogP contribution in [-0.4, -0.2) is 58.9 Å². The Morgan fingerprint density at radius 2 is 1.59 bits per heavy atom. The van der Waals surface area contributed by atoms with Crippen LogP contribution in [0.2, 0.25) is 0 Å². The van der Waals surface area contributed by atoms with Gasteiger partial charge < -0.3 is 15.4 Å². The number of amides is 2. The van der Waals surface area contributed by atoms with Crippen molar-refractivity contribution in [1.29, 1.82) is 0 Å². The van der Waals surface area contributed by atoms with Crippen LogP contribution < -0.4 is 10.6 Å². The molecule has 0 saturated carbocycles. The van der Waals surface area contributed by atoms with Crippen LogP contribution in [0.3, 0.4) is 0 Å². The van der Waals surface area contributed by atoms with Gasteiger partial charge in [-0.3, -0.25) is 24.5 Å². The lowest BCUT2D eigenvalue weighted by atomic mass is 10.3. The van der Waals surface area contributed by atoms with Crippen molar-refractivity contribution in [3.8, 4) is 0 Å². The fourth-order valence-corrected chi connectivity index (χ4v) is 2.58. The van der Waals surface area contributed by atoms with Crippen molar-refractivity contribution in [2.75, 3.05) is 20.2 Å².